The molecule has 0 saturated heterocycles. The maximum absolute atomic E-state index is 12.8. The van der Waals surface area contributed by atoms with E-state index in [4.69, 9.17) is 16.7 Å². The quantitative estimate of drug-likeness (QED) is 0.828. The summed E-state index contributed by atoms with van der Waals surface area (Å²) in [6.45, 7) is 0.965. The molecular weight excluding hydrogens is 325 g/mol. The van der Waals surface area contributed by atoms with E-state index in [0.717, 1.165) is 6.92 Å². The Kier molecular flexibility index (Phi) is 4.77. The van der Waals surface area contributed by atoms with Gasteiger partial charge < -0.3 is 10.4 Å². The molecule has 0 aliphatic rings. The molecule has 0 fully saturated rings. The summed E-state index contributed by atoms with van der Waals surface area (Å²) in [6, 6.07) is 0.509. The number of hydrogen-bond acceptors (Lipinski definition) is 2. The first-order chi connectivity index (χ1) is 9.46. The van der Waals surface area contributed by atoms with Gasteiger partial charge in [-0.25, -0.2) is 13.6 Å². The lowest BCUT2D eigenvalue weighted by molar-refractivity contribution is -0.167. The summed E-state index contributed by atoms with van der Waals surface area (Å²) in [5.74, 6) is -4.12. The van der Waals surface area contributed by atoms with E-state index in [9.17, 15) is 31.5 Å². The van der Waals surface area contributed by atoms with Gasteiger partial charge in [0.1, 0.15) is 0 Å². The van der Waals surface area contributed by atoms with Crippen LogP contribution in [-0.2, 0) is 4.79 Å². The van der Waals surface area contributed by atoms with Gasteiger partial charge in [0.15, 0.2) is 0 Å². The number of hydrogen-bond donors (Lipinski definition) is 2. The molecule has 1 aromatic carbocycles. The van der Waals surface area contributed by atoms with Crippen LogP contribution in [0.3, 0.4) is 0 Å². The van der Waals surface area contributed by atoms with E-state index >= 15 is 0 Å². The number of aromatic carboxylic acids is 1. The van der Waals surface area contributed by atoms with Crippen LogP contribution in [0.2, 0.25) is 5.02 Å². The van der Waals surface area contributed by atoms with Crippen molar-refractivity contribution in [2.45, 2.75) is 19.5 Å². The predicted molar refractivity (Wildman–Crippen MR) is 62.8 cm³/mol. The van der Waals surface area contributed by atoms with E-state index in [1.807, 2.05) is 0 Å². The van der Waals surface area contributed by atoms with Crippen LogP contribution in [0.25, 0.3) is 0 Å². The number of carboxylic acid groups (broad SMARTS) is 1. The van der Waals surface area contributed by atoms with Crippen molar-refractivity contribution in [3.63, 3.8) is 0 Å². The number of carbonyl (C=O) groups is 2. The Hall–Kier alpha value is -1.90. The van der Waals surface area contributed by atoms with Gasteiger partial charge in [0.2, 0.25) is 0 Å². The number of nitrogens with one attached hydrogen (secondary N) is 1. The number of rotatable bonds is 3. The van der Waals surface area contributed by atoms with Crippen LogP contribution in [0.5, 0.6) is 0 Å². The monoisotopic (exact) mass is 331 g/mol. The Morgan fingerprint density at radius 2 is 1.86 bits per heavy atom. The fourth-order valence-corrected chi connectivity index (χ4v) is 1.93. The molecule has 1 aromatic rings. The summed E-state index contributed by atoms with van der Waals surface area (Å²) in [4.78, 5) is 21.8. The van der Waals surface area contributed by atoms with Gasteiger partial charge in [-0.3, -0.25) is 4.79 Å². The zero-order valence-electron chi connectivity index (χ0n) is 10.2. The molecule has 0 aromatic heterocycles. The second-order valence-electron chi connectivity index (χ2n) is 3.88. The molecule has 0 unspecified atom stereocenters. The van der Waals surface area contributed by atoms with Crippen molar-refractivity contribution in [2.75, 3.05) is 5.32 Å². The smallest absolute Gasteiger partial charge is 0.471 e. The van der Waals surface area contributed by atoms with E-state index in [2.05, 4.69) is 0 Å². The number of halogens is 6. The average Bonchev–Trinajstić information content (AvgIpc) is 2.30. The summed E-state index contributed by atoms with van der Waals surface area (Å²) in [5.41, 5.74) is -3.09. The molecule has 0 aliphatic carbocycles. The lowest BCUT2D eigenvalue weighted by atomic mass is 10.0. The first-order valence-electron chi connectivity index (χ1n) is 5.19. The zero-order chi connectivity index (χ0) is 16.5. The molecule has 2 N–H and O–H groups in total. The van der Waals surface area contributed by atoms with Crippen LogP contribution in [0.1, 0.15) is 27.9 Å². The lowest BCUT2D eigenvalue weighted by Gasteiger charge is -2.17. The number of carbonyl (C=O) groups excluding carboxylic acids is 1. The molecule has 0 heterocycles. The van der Waals surface area contributed by atoms with Crippen LogP contribution in [-0.4, -0.2) is 23.2 Å². The first kappa shape index (κ1) is 17.2. The Balaban J connectivity index is 3.50. The second-order valence-corrected chi connectivity index (χ2v) is 4.29. The minimum Gasteiger partial charge on any atom is -0.478 e. The van der Waals surface area contributed by atoms with Crippen molar-refractivity contribution >= 4 is 29.2 Å². The zero-order valence-corrected chi connectivity index (χ0v) is 10.9. The molecule has 116 valence electrons. The van der Waals surface area contributed by atoms with Crippen molar-refractivity contribution < 1.29 is 36.6 Å². The van der Waals surface area contributed by atoms with Gasteiger partial charge in [-0.05, 0) is 18.6 Å². The Morgan fingerprint density at radius 3 is 2.24 bits per heavy atom. The van der Waals surface area contributed by atoms with Crippen molar-refractivity contribution in [2.24, 2.45) is 0 Å². The third-order valence-electron chi connectivity index (χ3n) is 2.50. The maximum atomic E-state index is 12.8. The molecule has 1 amide bonds. The van der Waals surface area contributed by atoms with Crippen LogP contribution < -0.4 is 5.32 Å². The van der Waals surface area contributed by atoms with Crippen molar-refractivity contribution in [3.8, 4) is 0 Å². The highest BCUT2D eigenvalue weighted by molar-refractivity contribution is 6.34. The minimum atomic E-state index is -5.31. The van der Waals surface area contributed by atoms with Gasteiger partial charge in [-0.2, -0.15) is 13.2 Å². The second kappa shape index (κ2) is 5.84. The van der Waals surface area contributed by atoms with Gasteiger partial charge in [0.05, 0.1) is 16.3 Å². The Bertz CT molecular complexity index is 601. The molecule has 0 aliphatic heterocycles. The van der Waals surface area contributed by atoms with Gasteiger partial charge in [-0.15, -0.1) is 0 Å². The fraction of sp³-hybridized carbons (Fsp3) is 0.273. The van der Waals surface area contributed by atoms with Crippen molar-refractivity contribution in [1.29, 1.82) is 0 Å². The summed E-state index contributed by atoms with van der Waals surface area (Å²) < 4.78 is 62.2. The molecule has 0 atom stereocenters. The van der Waals surface area contributed by atoms with E-state index in [1.54, 1.807) is 0 Å². The summed E-state index contributed by atoms with van der Waals surface area (Å²) in [7, 11) is 0. The molecule has 0 saturated carbocycles. The maximum Gasteiger partial charge on any atom is 0.471 e. The van der Waals surface area contributed by atoms with Gasteiger partial charge in [0, 0.05) is 5.56 Å². The van der Waals surface area contributed by atoms with Crippen molar-refractivity contribution in [1.82, 2.24) is 0 Å². The molecule has 0 radical (unpaired) electrons. The minimum absolute atomic E-state index is 0.497. The van der Waals surface area contributed by atoms with E-state index in [1.165, 1.54) is 5.32 Å². The number of carboxylic acids is 1. The SMILES string of the molecule is Cc1c(NC(=O)C(F)(F)F)c(C(F)F)cc(Cl)c1C(=O)O. The molecule has 0 spiro atoms. The Morgan fingerprint density at radius 1 is 1.33 bits per heavy atom. The van der Waals surface area contributed by atoms with Gasteiger partial charge in [0.25, 0.3) is 6.43 Å². The van der Waals surface area contributed by atoms with E-state index in [-0.39, 0.29) is 0 Å². The molecular formula is C11H7ClF5NO3. The van der Waals surface area contributed by atoms with Crippen LogP contribution >= 0.6 is 11.6 Å². The predicted octanol–water partition coefficient (Wildman–Crippen LogP) is 3.79. The summed E-state index contributed by atoms with van der Waals surface area (Å²) >= 11 is 5.52. The highest BCUT2D eigenvalue weighted by Gasteiger charge is 2.40. The number of anilines is 1. The standard InChI is InChI=1S/C11H7ClF5NO3/c1-3-6(9(19)20)5(12)2-4(8(13)14)7(3)18-10(21)11(15,16)17/h2,8H,1H3,(H,18,21)(H,19,20). The highest BCUT2D eigenvalue weighted by Crippen LogP contribution is 2.37. The summed E-state index contributed by atoms with van der Waals surface area (Å²) in [5, 5.41) is 9.58. The average molecular weight is 332 g/mol. The third-order valence-corrected chi connectivity index (χ3v) is 2.80. The number of amides is 1. The van der Waals surface area contributed by atoms with Crippen LogP contribution in [0.15, 0.2) is 6.07 Å². The third kappa shape index (κ3) is 3.60. The van der Waals surface area contributed by atoms with Gasteiger partial charge >= 0.3 is 18.1 Å². The topological polar surface area (TPSA) is 66.4 Å². The van der Waals surface area contributed by atoms with Gasteiger partial charge in [-0.1, -0.05) is 11.6 Å². The fourth-order valence-electron chi connectivity index (χ4n) is 1.59. The van der Waals surface area contributed by atoms with E-state index < -0.39 is 51.9 Å². The largest absolute Gasteiger partial charge is 0.478 e. The normalized spacial score (nSPS) is 11.6. The Labute approximate surface area is 119 Å². The molecule has 21 heavy (non-hydrogen) atoms. The lowest BCUT2D eigenvalue weighted by Crippen LogP contribution is -2.31. The highest BCUT2D eigenvalue weighted by atomic mass is 35.5. The summed E-state index contributed by atoms with van der Waals surface area (Å²) in [6.07, 6.45) is -8.57. The van der Waals surface area contributed by atoms with Crippen molar-refractivity contribution in [3.05, 3.63) is 27.8 Å². The number of benzene rings is 1. The van der Waals surface area contributed by atoms with Crippen LogP contribution in [0, 0.1) is 6.92 Å². The van der Waals surface area contributed by atoms with E-state index in [0.29, 0.717) is 6.07 Å². The number of alkyl halides is 5. The van der Waals surface area contributed by atoms with Crippen LogP contribution in [0.4, 0.5) is 27.6 Å². The first-order valence-corrected chi connectivity index (χ1v) is 5.57. The molecule has 0 bridgehead atoms. The molecule has 1 rings (SSSR count). The molecule has 4 nitrogen and oxygen atoms in total. The molecule has 10 heteroatoms.